The summed E-state index contributed by atoms with van der Waals surface area (Å²) in [6.45, 7) is 7.77. The SMILES string of the molecule is CCOC(=O)C1=C(C)N=C2SC=CN2[C@@H]1c1ccc(OCC(=O)Nc2ccc(C)cc2C)cc1. The van der Waals surface area contributed by atoms with Crippen LogP contribution in [0.1, 0.15) is 36.6 Å². The molecule has 176 valence electrons. The summed E-state index contributed by atoms with van der Waals surface area (Å²) in [6.07, 6.45) is 1.92. The van der Waals surface area contributed by atoms with Gasteiger partial charge >= 0.3 is 5.97 Å². The van der Waals surface area contributed by atoms with Gasteiger partial charge in [0, 0.05) is 11.9 Å². The first-order valence-electron chi connectivity index (χ1n) is 11.1. The number of nitrogens with zero attached hydrogens (tertiary/aromatic N) is 2. The number of allylic oxidation sites excluding steroid dienone is 1. The van der Waals surface area contributed by atoms with Crippen LogP contribution in [-0.2, 0) is 14.3 Å². The molecule has 34 heavy (non-hydrogen) atoms. The molecule has 0 bridgehead atoms. The number of thioether (sulfide) groups is 1. The van der Waals surface area contributed by atoms with E-state index < -0.39 is 0 Å². The maximum absolute atomic E-state index is 12.7. The molecule has 0 unspecified atom stereocenters. The van der Waals surface area contributed by atoms with Crippen LogP contribution in [0.2, 0.25) is 0 Å². The molecule has 2 aromatic rings. The first kappa shape index (κ1) is 23.6. The molecular weight excluding hydrogens is 450 g/mol. The van der Waals surface area contributed by atoms with Gasteiger partial charge in [-0.1, -0.05) is 41.6 Å². The van der Waals surface area contributed by atoms with Gasteiger partial charge in [0.05, 0.1) is 23.9 Å². The molecule has 8 heteroatoms. The van der Waals surface area contributed by atoms with E-state index in [2.05, 4.69) is 10.3 Å². The number of carbonyl (C=O) groups is 2. The third kappa shape index (κ3) is 5.02. The van der Waals surface area contributed by atoms with Crippen LogP contribution < -0.4 is 10.1 Å². The second-order valence-corrected chi connectivity index (χ2v) is 8.92. The lowest BCUT2D eigenvalue weighted by Gasteiger charge is -2.33. The predicted octanol–water partition coefficient (Wildman–Crippen LogP) is 5.09. The second-order valence-electron chi connectivity index (χ2n) is 8.05. The first-order valence-corrected chi connectivity index (χ1v) is 11.9. The van der Waals surface area contributed by atoms with Crippen molar-refractivity contribution < 1.29 is 19.1 Å². The summed E-state index contributed by atoms with van der Waals surface area (Å²) in [7, 11) is 0. The minimum atomic E-state index is -0.374. The van der Waals surface area contributed by atoms with Crippen LogP contribution in [0.4, 0.5) is 5.69 Å². The summed E-state index contributed by atoms with van der Waals surface area (Å²) in [5.74, 6) is -0.0398. The Hall–Kier alpha value is -3.52. The molecule has 2 aliphatic heterocycles. The smallest absolute Gasteiger partial charge is 0.338 e. The molecule has 1 amide bonds. The molecule has 0 saturated heterocycles. The van der Waals surface area contributed by atoms with E-state index in [1.807, 2.05) is 67.6 Å². The highest BCUT2D eigenvalue weighted by Crippen LogP contribution is 2.41. The normalized spacial score (nSPS) is 16.8. The van der Waals surface area contributed by atoms with Gasteiger partial charge in [0.2, 0.25) is 0 Å². The number of esters is 1. The molecule has 2 aliphatic rings. The number of amides is 1. The van der Waals surface area contributed by atoms with Crippen LogP contribution >= 0.6 is 11.8 Å². The number of carbonyl (C=O) groups excluding carboxylic acids is 2. The maximum atomic E-state index is 12.7. The van der Waals surface area contributed by atoms with E-state index >= 15 is 0 Å². The zero-order valence-electron chi connectivity index (χ0n) is 19.6. The third-order valence-electron chi connectivity index (χ3n) is 5.54. The van der Waals surface area contributed by atoms with Crippen molar-refractivity contribution in [3.63, 3.8) is 0 Å². The zero-order valence-corrected chi connectivity index (χ0v) is 20.4. The third-order valence-corrected chi connectivity index (χ3v) is 6.31. The average molecular weight is 478 g/mol. The summed E-state index contributed by atoms with van der Waals surface area (Å²) in [4.78, 5) is 31.6. The molecule has 0 aromatic heterocycles. The molecule has 1 atom stereocenters. The number of aliphatic imine (C=N–C) groups is 1. The van der Waals surface area contributed by atoms with Crippen molar-refractivity contribution in [2.45, 2.75) is 33.7 Å². The Bertz CT molecular complexity index is 1200. The Balaban J connectivity index is 1.46. The number of hydrogen-bond donors (Lipinski definition) is 1. The van der Waals surface area contributed by atoms with Gasteiger partial charge in [-0.05, 0) is 62.4 Å². The number of anilines is 1. The molecule has 0 aliphatic carbocycles. The fourth-order valence-corrected chi connectivity index (χ4v) is 4.72. The molecule has 7 nitrogen and oxygen atoms in total. The Kier molecular flexibility index (Phi) is 7.07. The Labute approximate surface area is 203 Å². The van der Waals surface area contributed by atoms with Crippen molar-refractivity contribution in [2.75, 3.05) is 18.5 Å². The molecule has 0 radical (unpaired) electrons. The van der Waals surface area contributed by atoms with Gasteiger partial charge in [0.1, 0.15) is 5.75 Å². The van der Waals surface area contributed by atoms with Gasteiger partial charge in [-0.25, -0.2) is 9.79 Å². The van der Waals surface area contributed by atoms with Crippen molar-refractivity contribution >= 4 is 34.5 Å². The van der Waals surface area contributed by atoms with Gasteiger partial charge in [0.25, 0.3) is 5.91 Å². The fourth-order valence-electron chi connectivity index (χ4n) is 3.93. The molecule has 2 aromatic carbocycles. The molecule has 4 rings (SSSR count). The molecule has 0 fully saturated rings. The average Bonchev–Trinajstić information content (AvgIpc) is 3.27. The Morgan fingerprint density at radius 3 is 2.59 bits per heavy atom. The highest BCUT2D eigenvalue weighted by molar-refractivity contribution is 8.16. The predicted molar refractivity (Wildman–Crippen MR) is 135 cm³/mol. The summed E-state index contributed by atoms with van der Waals surface area (Å²) in [5, 5.41) is 5.64. The largest absolute Gasteiger partial charge is 0.484 e. The van der Waals surface area contributed by atoms with Crippen LogP contribution in [0.15, 0.2) is 70.3 Å². The van der Waals surface area contributed by atoms with Crippen molar-refractivity contribution in [1.82, 2.24) is 4.90 Å². The van der Waals surface area contributed by atoms with E-state index in [0.29, 0.717) is 23.6 Å². The highest BCUT2D eigenvalue weighted by Gasteiger charge is 2.37. The van der Waals surface area contributed by atoms with E-state index in [9.17, 15) is 9.59 Å². The van der Waals surface area contributed by atoms with Crippen LogP contribution in [0.5, 0.6) is 5.75 Å². The minimum Gasteiger partial charge on any atom is -0.484 e. The van der Waals surface area contributed by atoms with Crippen LogP contribution in [-0.4, -0.2) is 35.2 Å². The van der Waals surface area contributed by atoms with E-state index in [4.69, 9.17) is 9.47 Å². The van der Waals surface area contributed by atoms with Gasteiger partial charge in [-0.3, -0.25) is 4.79 Å². The van der Waals surface area contributed by atoms with Crippen LogP contribution in [0.25, 0.3) is 0 Å². The quantitative estimate of drug-likeness (QED) is 0.560. The van der Waals surface area contributed by atoms with Crippen molar-refractivity contribution in [1.29, 1.82) is 0 Å². The van der Waals surface area contributed by atoms with Crippen molar-refractivity contribution in [3.05, 3.63) is 82.0 Å². The lowest BCUT2D eigenvalue weighted by Crippen LogP contribution is -2.34. The van der Waals surface area contributed by atoms with Crippen LogP contribution in [0, 0.1) is 13.8 Å². The van der Waals surface area contributed by atoms with E-state index in [1.54, 1.807) is 19.1 Å². The lowest BCUT2D eigenvalue weighted by molar-refractivity contribution is -0.139. The van der Waals surface area contributed by atoms with Crippen molar-refractivity contribution in [2.24, 2.45) is 4.99 Å². The standard InChI is InChI=1S/C26H27N3O4S/c1-5-32-25(31)23-18(4)27-26-29(12-13-34-26)24(23)19-7-9-20(10-8-19)33-15-22(30)28-21-11-6-16(2)14-17(21)3/h6-14,24H,5,15H2,1-4H3,(H,28,30)/t24-/m1/s1. The molecule has 0 saturated carbocycles. The number of rotatable bonds is 7. The van der Waals surface area contributed by atoms with Crippen molar-refractivity contribution in [3.8, 4) is 5.75 Å². The summed E-state index contributed by atoms with van der Waals surface area (Å²) < 4.78 is 11.0. The molecule has 1 N–H and O–H groups in total. The lowest BCUT2D eigenvalue weighted by atomic mass is 9.95. The Morgan fingerprint density at radius 1 is 1.12 bits per heavy atom. The molecule has 2 heterocycles. The molecule has 0 spiro atoms. The van der Waals surface area contributed by atoms with E-state index in [1.165, 1.54) is 11.8 Å². The number of hydrogen-bond acceptors (Lipinski definition) is 7. The van der Waals surface area contributed by atoms with Gasteiger partial charge in [-0.15, -0.1) is 0 Å². The monoisotopic (exact) mass is 477 g/mol. The highest BCUT2D eigenvalue weighted by atomic mass is 32.2. The Morgan fingerprint density at radius 2 is 1.88 bits per heavy atom. The maximum Gasteiger partial charge on any atom is 0.338 e. The van der Waals surface area contributed by atoms with Gasteiger partial charge in [0.15, 0.2) is 11.8 Å². The number of benzene rings is 2. The minimum absolute atomic E-state index is 0.106. The van der Waals surface area contributed by atoms with Gasteiger partial charge in [-0.2, -0.15) is 0 Å². The number of aryl methyl sites for hydroxylation is 2. The number of nitrogens with one attached hydrogen (secondary N) is 1. The fraction of sp³-hybridized carbons (Fsp3) is 0.269. The summed E-state index contributed by atoms with van der Waals surface area (Å²) >= 11 is 1.51. The topological polar surface area (TPSA) is 80.2 Å². The summed E-state index contributed by atoms with van der Waals surface area (Å²) in [5.41, 5.74) is 4.97. The zero-order chi connectivity index (χ0) is 24.2. The number of amidine groups is 1. The number of fused-ring (bicyclic) bond motifs is 1. The van der Waals surface area contributed by atoms with Crippen LogP contribution in [0.3, 0.4) is 0 Å². The summed E-state index contributed by atoms with van der Waals surface area (Å²) in [6, 6.07) is 12.9. The van der Waals surface area contributed by atoms with E-state index in [0.717, 1.165) is 27.5 Å². The molecular formula is C26H27N3O4S. The first-order chi connectivity index (χ1) is 16.4. The second kappa shape index (κ2) is 10.2. The number of ether oxygens (including phenoxy) is 2. The van der Waals surface area contributed by atoms with Gasteiger partial charge < -0.3 is 19.7 Å². The van der Waals surface area contributed by atoms with E-state index in [-0.39, 0.29) is 24.5 Å².